The molecule has 0 amide bonds. The molecule has 1 aromatic carbocycles. The standard InChI is InChI=1S/C18H28N2O.CH2O2/c1-18(2)9-8-15(14-18)19-10-12-20(13-11-19)16-6-4-5-7-17(16)21-3;2-1-3/h4-7,15H,8-14H2,1-3H3;1H,(H,2,3). The maximum Gasteiger partial charge on any atom is 0.290 e. The van der Waals surface area contributed by atoms with Crippen molar-refractivity contribution in [3.63, 3.8) is 0 Å². The number of carbonyl (C=O) groups is 1. The smallest absolute Gasteiger partial charge is 0.290 e. The largest absolute Gasteiger partial charge is 0.495 e. The van der Waals surface area contributed by atoms with Crippen molar-refractivity contribution in [1.82, 2.24) is 4.90 Å². The van der Waals surface area contributed by atoms with Gasteiger partial charge in [0.1, 0.15) is 5.75 Å². The Labute approximate surface area is 145 Å². The third kappa shape index (κ3) is 4.63. The van der Waals surface area contributed by atoms with Crippen LogP contribution in [0.5, 0.6) is 5.75 Å². The van der Waals surface area contributed by atoms with E-state index in [1.807, 2.05) is 6.07 Å². The van der Waals surface area contributed by atoms with E-state index >= 15 is 0 Å². The Hall–Kier alpha value is -1.75. The molecule has 0 radical (unpaired) electrons. The number of hydrogen-bond donors (Lipinski definition) is 1. The molecule has 2 aliphatic rings. The molecule has 5 nitrogen and oxygen atoms in total. The van der Waals surface area contributed by atoms with Gasteiger partial charge in [-0.1, -0.05) is 26.0 Å². The van der Waals surface area contributed by atoms with Gasteiger partial charge >= 0.3 is 0 Å². The zero-order chi connectivity index (χ0) is 17.6. The molecule has 24 heavy (non-hydrogen) atoms. The van der Waals surface area contributed by atoms with Crippen LogP contribution in [0.4, 0.5) is 5.69 Å². The van der Waals surface area contributed by atoms with Crippen molar-refractivity contribution in [3.05, 3.63) is 24.3 Å². The van der Waals surface area contributed by atoms with E-state index in [-0.39, 0.29) is 6.47 Å². The molecule has 1 saturated carbocycles. The van der Waals surface area contributed by atoms with E-state index < -0.39 is 0 Å². The second kappa shape index (κ2) is 8.38. The second-order valence-electron chi connectivity index (χ2n) is 7.36. The number of hydrogen-bond acceptors (Lipinski definition) is 4. The Morgan fingerprint density at radius 1 is 1.21 bits per heavy atom. The maximum atomic E-state index is 8.36. The summed E-state index contributed by atoms with van der Waals surface area (Å²) in [6.07, 6.45) is 4.12. The Balaban J connectivity index is 0.000000647. The van der Waals surface area contributed by atoms with Gasteiger partial charge in [-0.05, 0) is 36.8 Å². The topological polar surface area (TPSA) is 53.0 Å². The maximum absolute atomic E-state index is 8.36. The number of rotatable bonds is 3. The lowest BCUT2D eigenvalue weighted by atomic mass is 9.91. The molecule has 1 atom stereocenters. The molecule has 134 valence electrons. The van der Waals surface area contributed by atoms with Gasteiger partial charge < -0.3 is 14.7 Å². The highest BCUT2D eigenvalue weighted by Gasteiger charge is 2.35. The van der Waals surface area contributed by atoms with Crippen LogP contribution >= 0.6 is 0 Å². The highest BCUT2D eigenvalue weighted by Crippen LogP contribution is 2.40. The predicted octanol–water partition coefficient (Wildman–Crippen LogP) is 3.10. The fraction of sp³-hybridized carbons (Fsp3) is 0.632. The number of methoxy groups -OCH3 is 1. The van der Waals surface area contributed by atoms with Gasteiger partial charge in [-0.2, -0.15) is 0 Å². The van der Waals surface area contributed by atoms with Crippen LogP contribution in [0.1, 0.15) is 33.1 Å². The van der Waals surface area contributed by atoms with Crippen molar-refractivity contribution in [3.8, 4) is 5.75 Å². The Morgan fingerprint density at radius 3 is 2.38 bits per heavy atom. The molecule has 1 aliphatic carbocycles. The summed E-state index contributed by atoms with van der Waals surface area (Å²) in [6, 6.07) is 9.18. The van der Waals surface area contributed by atoms with Gasteiger partial charge in [-0.25, -0.2) is 0 Å². The average Bonchev–Trinajstić information content (AvgIpc) is 2.96. The molecule has 0 bridgehead atoms. The number of piperazine rings is 1. The highest BCUT2D eigenvalue weighted by molar-refractivity contribution is 5.58. The lowest BCUT2D eigenvalue weighted by Crippen LogP contribution is -2.50. The van der Waals surface area contributed by atoms with Crippen LogP contribution in [-0.4, -0.2) is 55.8 Å². The number of para-hydroxylation sites is 2. The Morgan fingerprint density at radius 2 is 1.83 bits per heavy atom. The predicted molar refractivity (Wildman–Crippen MR) is 96.9 cm³/mol. The summed E-state index contributed by atoms with van der Waals surface area (Å²) < 4.78 is 5.50. The van der Waals surface area contributed by atoms with Crippen molar-refractivity contribution in [2.24, 2.45) is 5.41 Å². The Bertz CT molecular complexity index is 525. The highest BCUT2D eigenvalue weighted by atomic mass is 16.5. The number of nitrogens with zero attached hydrogens (tertiary/aromatic N) is 2. The first-order chi connectivity index (χ1) is 11.5. The van der Waals surface area contributed by atoms with Gasteiger partial charge in [-0.3, -0.25) is 9.69 Å². The number of anilines is 1. The molecule has 1 aliphatic heterocycles. The summed E-state index contributed by atoms with van der Waals surface area (Å²) in [7, 11) is 1.76. The Kier molecular flexibility index (Phi) is 6.49. The van der Waals surface area contributed by atoms with Crippen molar-refractivity contribution < 1.29 is 14.6 Å². The fourth-order valence-electron chi connectivity index (χ4n) is 3.93. The molecule has 1 aromatic rings. The first-order valence-corrected chi connectivity index (χ1v) is 8.70. The molecular formula is C19H30N2O3. The van der Waals surface area contributed by atoms with E-state index in [4.69, 9.17) is 14.6 Å². The van der Waals surface area contributed by atoms with Gasteiger partial charge in [0.05, 0.1) is 12.8 Å². The molecular weight excluding hydrogens is 304 g/mol. The van der Waals surface area contributed by atoms with Gasteiger partial charge in [-0.15, -0.1) is 0 Å². The minimum Gasteiger partial charge on any atom is -0.495 e. The third-order valence-electron chi connectivity index (χ3n) is 5.20. The van der Waals surface area contributed by atoms with E-state index in [9.17, 15) is 0 Å². The quantitative estimate of drug-likeness (QED) is 0.861. The number of carboxylic acid groups (broad SMARTS) is 1. The number of ether oxygens (including phenoxy) is 1. The summed E-state index contributed by atoms with van der Waals surface area (Å²) in [5, 5.41) is 6.89. The molecule has 1 unspecified atom stereocenters. The van der Waals surface area contributed by atoms with Crippen LogP contribution in [-0.2, 0) is 4.79 Å². The van der Waals surface area contributed by atoms with Crippen LogP contribution in [0.15, 0.2) is 24.3 Å². The monoisotopic (exact) mass is 334 g/mol. The van der Waals surface area contributed by atoms with Crippen LogP contribution in [0.25, 0.3) is 0 Å². The van der Waals surface area contributed by atoms with Crippen LogP contribution in [0, 0.1) is 5.41 Å². The van der Waals surface area contributed by atoms with E-state index in [0.29, 0.717) is 5.41 Å². The molecule has 0 aromatic heterocycles. The summed E-state index contributed by atoms with van der Waals surface area (Å²) in [4.78, 5) is 13.5. The lowest BCUT2D eigenvalue weighted by Gasteiger charge is -2.39. The third-order valence-corrected chi connectivity index (χ3v) is 5.20. The first-order valence-electron chi connectivity index (χ1n) is 8.70. The lowest BCUT2D eigenvalue weighted by molar-refractivity contribution is -0.122. The van der Waals surface area contributed by atoms with Gasteiger partial charge in [0.2, 0.25) is 0 Å². The average molecular weight is 334 g/mol. The fourth-order valence-corrected chi connectivity index (χ4v) is 3.93. The van der Waals surface area contributed by atoms with Crippen molar-refractivity contribution >= 4 is 12.2 Å². The number of benzene rings is 1. The normalized spacial score (nSPS) is 23.3. The minimum absolute atomic E-state index is 0.250. The van der Waals surface area contributed by atoms with E-state index in [2.05, 4.69) is 41.8 Å². The van der Waals surface area contributed by atoms with Crippen molar-refractivity contribution in [2.75, 3.05) is 38.2 Å². The summed E-state index contributed by atoms with van der Waals surface area (Å²) in [5.74, 6) is 0.993. The van der Waals surface area contributed by atoms with Gasteiger partial charge in [0.25, 0.3) is 6.47 Å². The summed E-state index contributed by atoms with van der Waals surface area (Å²) in [5.41, 5.74) is 1.79. The van der Waals surface area contributed by atoms with E-state index in [1.165, 1.54) is 38.0 Å². The van der Waals surface area contributed by atoms with Crippen LogP contribution < -0.4 is 9.64 Å². The zero-order valence-corrected chi connectivity index (χ0v) is 15.1. The molecule has 1 heterocycles. The molecule has 1 saturated heterocycles. The van der Waals surface area contributed by atoms with E-state index in [0.717, 1.165) is 24.9 Å². The van der Waals surface area contributed by atoms with Crippen molar-refractivity contribution in [2.45, 2.75) is 39.2 Å². The molecule has 1 N–H and O–H groups in total. The second-order valence-corrected chi connectivity index (χ2v) is 7.36. The van der Waals surface area contributed by atoms with Gasteiger partial charge in [0.15, 0.2) is 0 Å². The van der Waals surface area contributed by atoms with Gasteiger partial charge in [0, 0.05) is 32.2 Å². The van der Waals surface area contributed by atoms with E-state index in [1.54, 1.807) is 7.11 Å². The van der Waals surface area contributed by atoms with Crippen LogP contribution in [0.3, 0.4) is 0 Å². The summed E-state index contributed by atoms with van der Waals surface area (Å²) >= 11 is 0. The van der Waals surface area contributed by atoms with Crippen molar-refractivity contribution in [1.29, 1.82) is 0 Å². The molecule has 2 fully saturated rings. The SMILES string of the molecule is COc1ccccc1N1CCN(C2CCC(C)(C)C2)CC1.O=CO. The minimum atomic E-state index is -0.250. The molecule has 0 spiro atoms. The first kappa shape index (κ1) is 18.6. The molecule has 5 heteroatoms. The zero-order valence-electron chi connectivity index (χ0n) is 15.1. The van der Waals surface area contributed by atoms with Crippen LogP contribution in [0.2, 0.25) is 0 Å². The molecule has 3 rings (SSSR count). The summed E-state index contributed by atoms with van der Waals surface area (Å²) in [6.45, 7) is 9.16.